The van der Waals surface area contributed by atoms with E-state index in [1.54, 1.807) is 0 Å². The van der Waals surface area contributed by atoms with Gasteiger partial charge < -0.3 is 5.32 Å². The van der Waals surface area contributed by atoms with Crippen molar-refractivity contribution in [2.24, 2.45) is 0 Å². The standard InChI is InChI=1S/C16H22N4O/c1-11-4-5-14(12(2)10-11)6-7-16(21)17-9-8-15-18-13(3)19-20-15/h4-5,10H,6-9H2,1-3H3,(H,17,21)(H,18,19,20). The second-order valence-corrected chi connectivity index (χ2v) is 5.37. The van der Waals surface area contributed by atoms with Crippen LogP contribution in [0.15, 0.2) is 18.2 Å². The van der Waals surface area contributed by atoms with E-state index in [9.17, 15) is 4.79 Å². The van der Waals surface area contributed by atoms with Crippen molar-refractivity contribution in [3.8, 4) is 0 Å². The molecule has 2 rings (SSSR count). The van der Waals surface area contributed by atoms with E-state index in [2.05, 4.69) is 52.5 Å². The number of hydrogen-bond acceptors (Lipinski definition) is 3. The van der Waals surface area contributed by atoms with Crippen LogP contribution in [0.4, 0.5) is 0 Å². The van der Waals surface area contributed by atoms with E-state index in [0.717, 1.165) is 18.1 Å². The Morgan fingerprint density at radius 1 is 1.24 bits per heavy atom. The number of nitrogens with zero attached hydrogens (tertiary/aromatic N) is 2. The molecule has 0 fully saturated rings. The molecule has 0 saturated heterocycles. The predicted octanol–water partition coefficient (Wildman–Crippen LogP) is 2.02. The Labute approximate surface area is 125 Å². The average Bonchev–Trinajstić information content (AvgIpc) is 2.83. The van der Waals surface area contributed by atoms with Gasteiger partial charge in [-0.1, -0.05) is 23.8 Å². The number of aromatic amines is 1. The van der Waals surface area contributed by atoms with Crippen molar-refractivity contribution in [1.82, 2.24) is 20.5 Å². The molecule has 0 radical (unpaired) electrons. The topological polar surface area (TPSA) is 70.7 Å². The van der Waals surface area contributed by atoms with Crippen molar-refractivity contribution in [3.63, 3.8) is 0 Å². The molecule has 0 aliphatic rings. The molecule has 1 aromatic carbocycles. The van der Waals surface area contributed by atoms with Crippen LogP contribution in [0.25, 0.3) is 0 Å². The van der Waals surface area contributed by atoms with Crippen LogP contribution in [-0.4, -0.2) is 27.6 Å². The highest BCUT2D eigenvalue weighted by Crippen LogP contribution is 2.12. The molecule has 1 heterocycles. The summed E-state index contributed by atoms with van der Waals surface area (Å²) in [5.74, 6) is 1.61. The fourth-order valence-corrected chi connectivity index (χ4v) is 2.28. The van der Waals surface area contributed by atoms with Crippen LogP contribution in [-0.2, 0) is 17.6 Å². The van der Waals surface area contributed by atoms with Gasteiger partial charge in [-0.05, 0) is 38.3 Å². The summed E-state index contributed by atoms with van der Waals surface area (Å²) in [7, 11) is 0. The minimum atomic E-state index is 0.0715. The quantitative estimate of drug-likeness (QED) is 0.853. The van der Waals surface area contributed by atoms with Gasteiger partial charge in [0, 0.05) is 19.4 Å². The molecule has 5 heteroatoms. The number of aryl methyl sites for hydroxylation is 4. The third-order valence-corrected chi connectivity index (χ3v) is 3.43. The van der Waals surface area contributed by atoms with Gasteiger partial charge in [0.2, 0.25) is 5.91 Å². The zero-order valence-corrected chi connectivity index (χ0v) is 12.9. The molecule has 0 aliphatic carbocycles. The number of aromatic nitrogens is 3. The predicted molar refractivity (Wildman–Crippen MR) is 82.1 cm³/mol. The number of amides is 1. The number of rotatable bonds is 6. The molecule has 2 N–H and O–H groups in total. The lowest BCUT2D eigenvalue weighted by atomic mass is 10.0. The Hall–Kier alpha value is -2.17. The van der Waals surface area contributed by atoms with E-state index in [1.165, 1.54) is 16.7 Å². The highest BCUT2D eigenvalue weighted by atomic mass is 16.1. The second kappa shape index (κ2) is 7.02. The number of hydrogen-bond donors (Lipinski definition) is 2. The molecule has 0 atom stereocenters. The van der Waals surface area contributed by atoms with E-state index in [-0.39, 0.29) is 5.91 Å². The molecule has 1 aromatic heterocycles. The molecular weight excluding hydrogens is 264 g/mol. The Morgan fingerprint density at radius 3 is 2.71 bits per heavy atom. The smallest absolute Gasteiger partial charge is 0.220 e. The maximum absolute atomic E-state index is 11.8. The lowest BCUT2D eigenvalue weighted by Gasteiger charge is -2.07. The first-order valence-electron chi connectivity index (χ1n) is 7.25. The zero-order chi connectivity index (χ0) is 15.2. The average molecular weight is 286 g/mol. The van der Waals surface area contributed by atoms with Gasteiger partial charge in [-0.15, -0.1) is 0 Å². The van der Waals surface area contributed by atoms with E-state index in [4.69, 9.17) is 0 Å². The van der Waals surface area contributed by atoms with Crippen molar-refractivity contribution in [3.05, 3.63) is 46.5 Å². The number of H-pyrrole nitrogens is 1. The van der Waals surface area contributed by atoms with Crippen molar-refractivity contribution in [1.29, 1.82) is 0 Å². The summed E-state index contributed by atoms with van der Waals surface area (Å²) in [5, 5.41) is 9.74. The van der Waals surface area contributed by atoms with Crippen molar-refractivity contribution >= 4 is 5.91 Å². The van der Waals surface area contributed by atoms with Crippen LogP contribution >= 0.6 is 0 Å². The Morgan fingerprint density at radius 2 is 2.05 bits per heavy atom. The van der Waals surface area contributed by atoms with E-state index in [0.29, 0.717) is 19.4 Å². The molecule has 21 heavy (non-hydrogen) atoms. The summed E-state index contributed by atoms with van der Waals surface area (Å²) < 4.78 is 0. The second-order valence-electron chi connectivity index (χ2n) is 5.37. The van der Waals surface area contributed by atoms with Crippen LogP contribution in [0.3, 0.4) is 0 Å². The third kappa shape index (κ3) is 4.70. The largest absolute Gasteiger partial charge is 0.356 e. The molecule has 0 spiro atoms. The number of carbonyl (C=O) groups excluding carboxylic acids is 1. The van der Waals surface area contributed by atoms with Crippen LogP contribution in [0.2, 0.25) is 0 Å². The summed E-state index contributed by atoms with van der Waals surface area (Å²) in [6.07, 6.45) is 1.94. The van der Waals surface area contributed by atoms with Crippen LogP contribution in [0.5, 0.6) is 0 Å². The summed E-state index contributed by atoms with van der Waals surface area (Å²) in [5.41, 5.74) is 3.74. The molecule has 0 saturated carbocycles. The Bertz CT molecular complexity index is 618. The molecule has 112 valence electrons. The van der Waals surface area contributed by atoms with E-state index >= 15 is 0 Å². The van der Waals surface area contributed by atoms with Crippen molar-refractivity contribution in [2.45, 2.75) is 40.0 Å². The van der Waals surface area contributed by atoms with Crippen molar-refractivity contribution in [2.75, 3.05) is 6.54 Å². The van der Waals surface area contributed by atoms with Gasteiger partial charge in [-0.3, -0.25) is 9.89 Å². The van der Waals surface area contributed by atoms with Crippen LogP contribution < -0.4 is 5.32 Å². The molecule has 0 bridgehead atoms. The third-order valence-electron chi connectivity index (χ3n) is 3.43. The van der Waals surface area contributed by atoms with Gasteiger partial charge in [0.1, 0.15) is 5.82 Å². The molecule has 0 unspecified atom stereocenters. The first kappa shape index (κ1) is 15.2. The fraction of sp³-hybridized carbons (Fsp3) is 0.438. The fourth-order valence-electron chi connectivity index (χ4n) is 2.28. The van der Waals surface area contributed by atoms with Gasteiger partial charge >= 0.3 is 0 Å². The SMILES string of the molecule is Cc1ccc(CCC(=O)NCCc2n[nH]c(C)n2)c(C)c1. The van der Waals surface area contributed by atoms with Gasteiger partial charge in [0.25, 0.3) is 0 Å². The maximum Gasteiger partial charge on any atom is 0.220 e. The first-order chi connectivity index (χ1) is 10.0. The summed E-state index contributed by atoms with van der Waals surface area (Å²) in [6.45, 7) is 6.60. The van der Waals surface area contributed by atoms with E-state index < -0.39 is 0 Å². The molecule has 1 amide bonds. The summed E-state index contributed by atoms with van der Waals surface area (Å²) in [6, 6.07) is 6.35. The van der Waals surface area contributed by atoms with Gasteiger partial charge in [0.15, 0.2) is 5.82 Å². The normalized spacial score (nSPS) is 10.6. The van der Waals surface area contributed by atoms with E-state index in [1.807, 2.05) is 6.92 Å². The molecule has 2 aromatic rings. The number of benzene rings is 1. The molecular formula is C16H22N4O. The maximum atomic E-state index is 11.8. The summed E-state index contributed by atoms with van der Waals surface area (Å²) in [4.78, 5) is 16.0. The lowest BCUT2D eigenvalue weighted by Crippen LogP contribution is -2.26. The first-order valence-corrected chi connectivity index (χ1v) is 7.25. The monoisotopic (exact) mass is 286 g/mol. The molecule has 5 nitrogen and oxygen atoms in total. The van der Waals surface area contributed by atoms with Gasteiger partial charge in [-0.2, -0.15) is 5.10 Å². The number of nitrogens with one attached hydrogen (secondary N) is 2. The molecule has 0 aliphatic heterocycles. The van der Waals surface area contributed by atoms with Crippen LogP contribution in [0.1, 0.15) is 34.8 Å². The minimum absolute atomic E-state index is 0.0715. The van der Waals surface area contributed by atoms with Gasteiger partial charge in [-0.25, -0.2) is 4.98 Å². The highest BCUT2D eigenvalue weighted by Gasteiger charge is 2.05. The number of carbonyl (C=O) groups is 1. The minimum Gasteiger partial charge on any atom is -0.356 e. The Balaban J connectivity index is 1.72. The summed E-state index contributed by atoms with van der Waals surface area (Å²) >= 11 is 0. The Kier molecular flexibility index (Phi) is 5.09. The van der Waals surface area contributed by atoms with Crippen molar-refractivity contribution < 1.29 is 4.79 Å². The zero-order valence-electron chi connectivity index (χ0n) is 12.9. The van der Waals surface area contributed by atoms with Crippen LogP contribution in [0, 0.1) is 20.8 Å². The highest BCUT2D eigenvalue weighted by molar-refractivity contribution is 5.76. The lowest BCUT2D eigenvalue weighted by molar-refractivity contribution is -0.121. The van der Waals surface area contributed by atoms with Gasteiger partial charge in [0.05, 0.1) is 0 Å².